The summed E-state index contributed by atoms with van der Waals surface area (Å²) >= 11 is 3.63. The third-order valence-corrected chi connectivity index (χ3v) is 10.0. The minimum absolute atomic E-state index is 1.06. The second kappa shape index (κ2) is 8.00. The number of rotatable bonds is 2. The number of nitrogens with zero attached hydrogens (tertiary/aromatic N) is 2. The van der Waals surface area contributed by atoms with Crippen LogP contribution in [0.1, 0.15) is 0 Å². The molecule has 0 atom stereocenters. The molecule has 0 spiro atoms. The fraction of sp³-hybridized carbons (Fsp3) is 0. The van der Waals surface area contributed by atoms with Gasteiger partial charge in [0.15, 0.2) is 0 Å². The first kappa shape index (κ1) is 21.4. The van der Waals surface area contributed by atoms with E-state index in [0.717, 1.165) is 16.1 Å². The van der Waals surface area contributed by atoms with Crippen molar-refractivity contribution in [3.05, 3.63) is 121 Å². The summed E-state index contributed by atoms with van der Waals surface area (Å²) in [5.41, 5.74) is 5.86. The fourth-order valence-corrected chi connectivity index (χ4v) is 8.18. The van der Waals surface area contributed by atoms with E-state index >= 15 is 0 Å². The lowest BCUT2D eigenvalue weighted by atomic mass is 10.0. The summed E-state index contributed by atoms with van der Waals surface area (Å²) < 4.78 is 6.25. The summed E-state index contributed by atoms with van der Waals surface area (Å²) in [6, 6.07) is 43.9. The van der Waals surface area contributed by atoms with Gasteiger partial charge in [-0.15, -0.1) is 22.7 Å². The van der Waals surface area contributed by atoms with Crippen LogP contribution in [-0.4, -0.2) is 9.55 Å². The minimum atomic E-state index is 1.06. The third-order valence-electron chi connectivity index (χ3n) is 7.82. The van der Waals surface area contributed by atoms with Crippen LogP contribution in [0.4, 0.5) is 0 Å². The van der Waals surface area contributed by atoms with E-state index in [1.54, 1.807) is 11.3 Å². The lowest BCUT2D eigenvalue weighted by Crippen LogP contribution is -1.93. The zero-order valence-electron chi connectivity index (χ0n) is 20.8. The molecule has 0 saturated heterocycles. The van der Waals surface area contributed by atoms with E-state index in [-0.39, 0.29) is 0 Å². The van der Waals surface area contributed by atoms with E-state index in [9.17, 15) is 0 Å². The van der Waals surface area contributed by atoms with Gasteiger partial charge in [-0.2, -0.15) is 0 Å². The van der Waals surface area contributed by atoms with Gasteiger partial charge >= 0.3 is 0 Å². The summed E-state index contributed by atoms with van der Waals surface area (Å²) in [5, 5.41) is 8.75. The molecule has 3 heterocycles. The highest BCUT2D eigenvalue weighted by atomic mass is 32.1. The first-order valence-corrected chi connectivity index (χ1v) is 14.7. The van der Waals surface area contributed by atoms with Gasteiger partial charge in [0.2, 0.25) is 0 Å². The second-order valence-electron chi connectivity index (χ2n) is 9.99. The molecule has 0 radical (unpaired) electrons. The molecule has 182 valence electrons. The molecule has 6 aromatic carbocycles. The standard InChI is InChI=1S/C35H20N2S2/c1-2-9-23(10-3-1)37-27-17-15-21-8-4-5-11-24(21)32(27)25-16-14-22(20-28(25)37)35-36-34-31(39-35)19-18-30-33(34)26-12-6-7-13-29(26)38-30/h1-20H. The largest absolute Gasteiger partial charge is 0.309 e. The lowest BCUT2D eigenvalue weighted by molar-refractivity contribution is 1.18. The van der Waals surface area contributed by atoms with E-state index in [0.29, 0.717) is 0 Å². The highest BCUT2D eigenvalue weighted by Gasteiger charge is 2.18. The zero-order valence-corrected chi connectivity index (χ0v) is 22.4. The summed E-state index contributed by atoms with van der Waals surface area (Å²) in [7, 11) is 0. The first-order valence-electron chi connectivity index (χ1n) is 13.1. The van der Waals surface area contributed by atoms with Gasteiger partial charge in [0, 0.05) is 42.2 Å². The molecule has 0 fully saturated rings. The van der Waals surface area contributed by atoms with Crippen LogP contribution in [0.2, 0.25) is 0 Å². The Morgan fingerprint density at radius 3 is 2.23 bits per heavy atom. The number of para-hydroxylation sites is 1. The number of thiophene rings is 1. The van der Waals surface area contributed by atoms with Crippen molar-refractivity contribution >= 4 is 85.6 Å². The second-order valence-corrected chi connectivity index (χ2v) is 12.1. The third kappa shape index (κ3) is 3.04. The maximum absolute atomic E-state index is 5.26. The summed E-state index contributed by atoms with van der Waals surface area (Å²) in [6.45, 7) is 0. The van der Waals surface area contributed by atoms with Crippen molar-refractivity contribution in [2.24, 2.45) is 0 Å². The van der Waals surface area contributed by atoms with E-state index in [1.807, 2.05) is 11.3 Å². The Morgan fingerprint density at radius 2 is 1.31 bits per heavy atom. The molecular weight excluding hydrogens is 513 g/mol. The van der Waals surface area contributed by atoms with Gasteiger partial charge in [-0.1, -0.05) is 78.9 Å². The monoisotopic (exact) mass is 532 g/mol. The molecule has 0 saturated carbocycles. The van der Waals surface area contributed by atoms with Crippen LogP contribution < -0.4 is 0 Å². The van der Waals surface area contributed by atoms with Gasteiger partial charge in [0.1, 0.15) is 5.01 Å². The predicted molar refractivity (Wildman–Crippen MR) is 170 cm³/mol. The zero-order chi connectivity index (χ0) is 25.5. The van der Waals surface area contributed by atoms with Crippen molar-refractivity contribution in [3.8, 4) is 16.3 Å². The average Bonchev–Trinajstić information content (AvgIpc) is 3.68. The molecule has 9 rings (SSSR count). The quantitative estimate of drug-likeness (QED) is 0.216. The van der Waals surface area contributed by atoms with E-state index < -0.39 is 0 Å². The Balaban J connectivity index is 1.35. The van der Waals surface area contributed by atoms with Crippen molar-refractivity contribution < 1.29 is 0 Å². The highest BCUT2D eigenvalue weighted by Crippen LogP contribution is 2.43. The van der Waals surface area contributed by atoms with Gasteiger partial charge in [-0.05, 0) is 53.2 Å². The molecule has 0 unspecified atom stereocenters. The number of thiazole rings is 1. The maximum atomic E-state index is 5.26. The maximum Gasteiger partial charge on any atom is 0.124 e. The van der Waals surface area contributed by atoms with Gasteiger partial charge in [-0.25, -0.2) is 4.98 Å². The van der Waals surface area contributed by atoms with Crippen LogP contribution in [0.25, 0.3) is 79.2 Å². The topological polar surface area (TPSA) is 17.8 Å². The SMILES string of the molecule is c1ccc(-n2c3cc(-c4nc5c(ccc6sc7ccccc7c65)s4)ccc3c3c4ccccc4ccc32)cc1. The van der Waals surface area contributed by atoms with Gasteiger partial charge in [0.25, 0.3) is 0 Å². The molecule has 0 amide bonds. The van der Waals surface area contributed by atoms with Crippen LogP contribution >= 0.6 is 22.7 Å². The van der Waals surface area contributed by atoms with Crippen molar-refractivity contribution in [2.45, 2.75) is 0 Å². The predicted octanol–water partition coefficient (Wildman–Crippen LogP) is 10.6. The molecule has 39 heavy (non-hydrogen) atoms. The fourth-order valence-electron chi connectivity index (χ4n) is 6.10. The summed E-state index contributed by atoms with van der Waals surface area (Å²) in [5.74, 6) is 0. The van der Waals surface area contributed by atoms with Gasteiger partial charge < -0.3 is 4.57 Å². The smallest absolute Gasteiger partial charge is 0.124 e. The molecule has 9 aromatic rings. The Morgan fingerprint density at radius 1 is 0.513 bits per heavy atom. The summed E-state index contributed by atoms with van der Waals surface area (Å²) in [6.07, 6.45) is 0. The number of hydrogen-bond acceptors (Lipinski definition) is 3. The number of hydrogen-bond donors (Lipinski definition) is 0. The molecular formula is C35H20N2S2. The number of benzene rings is 6. The Labute approximate surface area is 232 Å². The average molecular weight is 533 g/mol. The van der Waals surface area contributed by atoms with Gasteiger partial charge in [-0.3, -0.25) is 0 Å². The van der Waals surface area contributed by atoms with Crippen molar-refractivity contribution in [1.29, 1.82) is 0 Å². The molecule has 0 aliphatic carbocycles. The van der Waals surface area contributed by atoms with Gasteiger partial charge in [0.05, 0.1) is 21.3 Å². The number of fused-ring (bicyclic) bond motifs is 10. The van der Waals surface area contributed by atoms with Crippen LogP contribution in [-0.2, 0) is 0 Å². The van der Waals surface area contributed by atoms with Crippen LogP contribution in [0.3, 0.4) is 0 Å². The molecule has 3 aromatic heterocycles. The van der Waals surface area contributed by atoms with E-state index in [4.69, 9.17) is 4.98 Å². The first-order chi connectivity index (χ1) is 19.3. The van der Waals surface area contributed by atoms with Crippen molar-refractivity contribution in [3.63, 3.8) is 0 Å². The van der Waals surface area contributed by atoms with Crippen molar-refractivity contribution in [2.75, 3.05) is 0 Å². The Bertz CT molecular complexity index is 2390. The molecule has 0 bridgehead atoms. The number of aromatic nitrogens is 2. The normalized spacial score (nSPS) is 12.1. The van der Waals surface area contributed by atoms with Crippen LogP contribution in [0.5, 0.6) is 0 Å². The highest BCUT2D eigenvalue weighted by molar-refractivity contribution is 7.26. The summed E-state index contributed by atoms with van der Waals surface area (Å²) in [4.78, 5) is 5.26. The van der Waals surface area contributed by atoms with Crippen molar-refractivity contribution in [1.82, 2.24) is 9.55 Å². The Kier molecular flexibility index (Phi) is 4.39. The lowest BCUT2D eigenvalue weighted by Gasteiger charge is -2.08. The minimum Gasteiger partial charge on any atom is -0.309 e. The van der Waals surface area contributed by atoms with Crippen LogP contribution in [0.15, 0.2) is 121 Å². The molecule has 2 nitrogen and oxygen atoms in total. The van der Waals surface area contributed by atoms with E-state index in [1.165, 1.54) is 63.1 Å². The van der Waals surface area contributed by atoms with Crippen LogP contribution in [0, 0.1) is 0 Å². The Hall–Kier alpha value is -4.51. The molecule has 4 heteroatoms. The van der Waals surface area contributed by atoms with E-state index in [2.05, 4.69) is 126 Å². The molecule has 0 aliphatic rings. The molecule has 0 aliphatic heterocycles. The molecule has 0 N–H and O–H groups in total.